The van der Waals surface area contributed by atoms with Gasteiger partial charge in [0, 0.05) is 16.1 Å². The maximum Gasteiger partial charge on any atom is 0.218 e. The van der Waals surface area contributed by atoms with Crippen LogP contribution in [0, 0.1) is 0 Å². The van der Waals surface area contributed by atoms with Gasteiger partial charge in [-0.3, -0.25) is 0 Å². The number of hydrogen-bond donors (Lipinski definition) is 1. The Bertz CT molecular complexity index is 933. The van der Waals surface area contributed by atoms with Crippen LogP contribution in [0.4, 0.5) is 0 Å². The lowest BCUT2D eigenvalue weighted by atomic mass is 9.95. The highest BCUT2D eigenvalue weighted by Gasteiger charge is 2.20. The lowest BCUT2D eigenvalue weighted by molar-refractivity contribution is 0.0224. The minimum Gasteiger partial charge on any atom is -0.489 e. The van der Waals surface area contributed by atoms with E-state index in [1.807, 2.05) is 72.8 Å². The molecule has 26 heavy (non-hydrogen) atoms. The van der Waals surface area contributed by atoms with E-state index < -0.39 is 6.29 Å². The van der Waals surface area contributed by atoms with Crippen LogP contribution in [0.3, 0.4) is 0 Å². The second kappa shape index (κ2) is 7.36. The monoisotopic (exact) mass is 408 g/mol. The van der Waals surface area contributed by atoms with Crippen LogP contribution in [-0.2, 0) is 6.61 Å². The molecule has 0 amide bonds. The number of rotatable bonds is 4. The Morgan fingerprint density at radius 2 is 1.73 bits per heavy atom. The first-order valence-electron chi connectivity index (χ1n) is 8.33. The Morgan fingerprint density at radius 1 is 0.962 bits per heavy atom. The minimum absolute atomic E-state index is 0.468. The molecular formula is C22H17BrO3. The summed E-state index contributed by atoms with van der Waals surface area (Å²) in [5.41, 5.74) is 4.02. The fourth-order valence-electron chi connectivity index (χ4n) is 2.93. The fourth-order valence-corrected chi connectivity index (χ4v) is 3.19. The Balaban J connectivity index is 1.58. The zero-order valence-corrected chi connectivity index (χ0v) is 15.5. The van der Waals surface area contributed by atoms with Crippen molar-refractivity contribution >= 4 is 21.5 Å². The van der Waals surface area contributed by atoms with Gasteiger partial charge in [-0.1, -0.05) is 58.4 Å². The van der Waals surface area contributed by atoms with Crippen molar-refractivity contribution in [1.82, 2.24) is 0 Å². The van der Waals surface area contributed by atoms with Crippen LogP contribution in [0.1, 0.15) is 16.7 Å². The second-order valence-corrected chi connectivity index (χ2v) is 6.94. The summed E-state index contributed by atoms with van der Waals surface area (Å²) < 4.78 is 12.5. The number of aliphatic hydroxyl groups is 1. The van der Waals surface area contributed by atoms with Crippen LogP contribution in [-0.4, -0.2) is 11.4 Å². The molecule has 1 atom stereocenters. The quantitative estimate of drug-likeness (QED) is 0.646. The van der Waals surface area contributed by atoms with E-state index in [9.17, 15) is 5.11 Å². The van der Waals surface area contributed by atoms with Crippen molar-refractivity contribution in [3.8, 4) is 11.5 Å². The Hall–Kier alpha value is -2.56. The van der Waals surface area contributed by atoms with Crippen LogP contribution in [0.15, 0.2) is 83.3 Å². The SMILES string of the molecule is OC1C=C(c2ccccc2)c2ccc(OCc3ccc(Br)cc3)cc2O1. The van der Waals surface area contributed by atoms with Gasteiger partial charge in [-0.2, -0.15) is 0 Å². The molecule has 1 heterocycles. The summed E-state index contributed by atoms with van der Waals surface area (Å²) in [6.45, 7) is 0.468. The Kier molecular flexibility index (Phi) is 4.78. The lowest BCUT2D eigenvalue weighted by Crippen LogP contribution is -2.18. The first-order chi connectivity index (χ1) is 12.7. The highest BCUT2D eigenvalue weighted by Crippen LogP contribution is 2.38. The molecule has 0 aliphatic carbocycles. The van der Waals surface area contributed by atoms with Gasteiger partial charge in [-0.25, -0.2) is 0 Å². The molecule has 0 saturated heterocycles. The molecule has 0 radical (unpaired) electrons. The summed E-state index contributed by atoms with van der Waals surface area (Å²) in [4.78, 5) is 0. The molecule has 1 N–H and O–H groups in total. The van der Waals surface area contributed by atoms with Gasteiger partial charge in [0.1, 0.15) is 18.1 Å². The van der Waals surface area contributed by atoms with Gasteiger partial charge in [-0.05, 0) is 47.0 Å². The van der Waals surface area contributed by atoms with E-state index in [4.69, 9.17) is 9.47 Å². The van der Waals surface area contributed by atoms with E-state index in [2.05, 4.69) is 15.9 Å². The molecule has 1 aliphatic rings. The molecule has 3 aromatic rings. The minimum atomic E-state index is -0.973. The molecule has 3 nitrogen and oxygen atoms in total. The highest BCUT2D eigenvalue weighted by molar-refractivity contribution is 9.10. The lowest BCUT2D eigenvalue weighted by Gasteiger charge is -2.23. The molecule has 0 aromatic heterocycles. The molecule has 130 valence electrons. The maximum atomic E-state index is 10.1. The first kappa shape index (κ1) is 16.9. The summed E-state index contributed by atoms with van der Waals surface area (Å²) in [5, 5.41) is 10.1. The third-order valence-electron chi connectivity index (χ3n) is 4.20. The number of halogens is 1. The summed E-state index contributed by atoms with van der Waals surface area (Å²) in [7, 11) is 0. The number of benzene rings is 3. The molecule has 0 saturated carbocycles. The number of aliphatic hydroxyl groups excluding tert-OH is 1. The molecule has 3 aromatic carbocycles. The van der Waals surface area contributed by atoms with Gasteiger partial charge in [-0.15, -0.1) is 0 Å². The van der Waals surface area contributed by atoms with Crippen molar-refractivity contribution in [3.05, 3.63) is 100 Å². The molecular weight excluding hydrogens is 392 g/mol. The zero-order chi connectivity index (χ0) is 17.9. The number of fused-ring (bicyclic) bond motifs is 1. The van der Waals surface area contributed by atoms with Crippen molar-refractivity contribution in [1.29, 1.82) is 0 Å². The van der Waals surface area contributed by atoms with E-state index in [1.54, 1.807) is 6.08 Å². The molecule has 0 bridgehead atoms. The van der Waals surface area contributed by atoms with Gasteiger partial charge in [0.05, 0.1) is 0 Å². The summed E-state index contributed by atoms with van der Waals surface area (Å²) in [6, 6.07) is 23.7. The Labute approximate surface area is 160 Å². The average molecular weight is 409 g/mol. The first-order valence-corrected chi connectivity index (χ1v) is 9.12. The maximum absolute atomic E-state index is 10.1. The predicted octanol–water partition coefficient (Wildman–Crippen LogP) is 5.17. The van der Waals surface area contributed by atoms with E-state index in [-0.39, 0.29) is 0 Å². The summed E-state index contributed by atoms with van der Waals surface area (Å²) >= 11 is 3.43. The third-order valence-corrected chi connectivity index (χ3v) is 4.73. The molecule has 1 aliphatic heterocycles. The van der Waals surface area contributed by atoms with Crippen molar-refractivity contribution in [3.63, 3.8) is 0 Å². The zero-order valence-electron chi connectivity index (χ0n) is 13.9. The van der Waals surface area contributed by atoms with E-state index in [1.165, 1.54) is 0 Å². The fraction of sp³-hybridized carbons (Fsp3) is 0.0909. The van der Waals surface area contributed by atoms with Crippen molar-refractivity contribution in [2.24, 2.45) is 0 Å². The molecule has 4 heteroatoms. The predicted molar refractivity (Wildman–Crippen MR) is 105 cm³/mol. The third kappa shape index (κ3) is 3.66. The van der Waals surface area contributed by atoms with Gasteiger partial charge >= 0.3 is 0 Å². The summed E-state index contributed by atoms with van der Waals surface area (Å²) in [6.07, 6.45) is 0.749. The standard InChI is InChI=1S/C22H17BrO3/c23-17-8-6-15(7-9-17)14-25-18-10-11-19-20(16-4-2-1-3-5-16)13-22(24)26-21(19)12-18/h1-13,22,24H,14H2. The smallest absolute Gasteiger partial charge is 0.218 e. The average Bonchev–Trinajstić information content (AvgIpc) is 2.67. The molecule has 1 unspecified atom stereocenters. The van der Waals surface area contributed by atoms with E-state index in [0.29, 0.717) is 18.1 Å². The second-order valence-electron chi connectivity index (χ2n) is 6.03. The number of hydrogen-bond acceptors (Lipinski definition) is 3. The molecule has 4 rings (SSSR count). The molecule has 0 spiro atoms. The van der Waals surface area contributed by atoms with Crippen LogP contribution >= 0.6 is 15.9 Å². The van der Waals surface area contributed by atoms with E-state index >= 15 is 0 Å². The summed E-state index contributed by atoms with van der Waals surface area (Å²) in [5.74, 6) is 1.32. The highest BCUT2D eigenvalue weighted by atomic mass is 79.9. The topological polar surface area (TPSA) is 38.7 Å². The van der Waals surface area contributed by atoms with Crippen LogP contribution < -0.4 is 9.47 Å². The van der Waals surface area contributed by atoms with Crippen LogP contribution in [0.2, 0.25) is 0 Å². The van der Waals surface area contributed by atoms with Crippen LogP contribution in [0.25, 0.3) is 5.57 Å². The van der Waals surface area contributed by atoms with Crippen molar-refractivity contribution in [2.45, 2.75) is 12.9 Å². The number of ether oxygens (including phenoxy) is 2. The van der Waals surface area contributed by atoms with Gasteiger partial charge < -0.3 is 14.6 Å². The normalized spacial score (nSPS) is 15.6. The van der Waals surface area contributed by atoms with Gasteiger partial charge in [0.15, 0.2) is 0 Å². The van der Waals surface area contributed by atoms with E-state index in [0.717, 1.165) is 26.7 Å². The van der Waals surface area contributed by atoms with Gasteiger partial charge in [0.2, 0.25) is 6.29 Å². The Morgan fingerprint density at radius 3 is 2.50 bits per heavy atom. The van der Waals surface area contributed by atoms with Gasteiger partial charge in [0.25, 0.3) is 0 Å². The largest absolute Gasteiger partial charge is 0.489 e. The van der Waals surface area contributed by atoms with Crippen molar-refractivity contribution in [2.75, 3.05) is 0 Å². The van der Waals surface area contributed by atoms with Crippen molar-refractivity contribution < 1.29 is 14.6 Å². The van der Waals surface area contributed by atoms with Crippen LogP contribution in [0.5, 0.6) is 11.5 Å². The molecule has 0 fully saturated rings.